The second kappa shape index (κ2) is 6.67. The number of hydrogen-bond donors (Lipinski definition) is 1. The summed E-state index contributed by atoms with van der Waals surface area (Å²) in [6.45, 7) is 2.88. The number of nitrogens with one attached hydrogen (secondary N) is 1. The number of benzene rings is 2. The first-order chi connectivity index (χ1) is 13.3. The average Bonchev–Trinajstić information content (AvgIpc) is 3.05. The summed E-state index contributed by atoms with van der Waals surface area (Å²) in [5.74, 6) is 0. The van der Waals surface area contributed by atoms with Crippen LogP contribution in [0.15, 0.2) is 65.6 Å². The highest BCUT2D eigenvalue weighted by Gasteiger charge is 2.23. The maximum atomic E-state index is 12.4. The van der Waals surface area contributed by atoms with Crippen LogP contribution in [0.1, 0.15) is 24.4 Å². The summed E-state index contributed by atoms with van der Waals surface area (Å²) in [6, 6.07) is 18.7. The standard InChI is InChI=1S/C22H22N4O/c27-22-24-19-8-1-2-9-20(19)26(22)18-10-13-25(14-11-18)15-17-6-3-5-16-7-4-12-23-21(16)17/h1-9,12,18H,10-11,13-15H2,(H,24,27). The van der Waals surface area contributed by atoms with Gasteiger partial charge in [-0.1, -0.05) is 36.4 Å². The van der Waals surface area contributed by atoms with Crippen molar-refractivity contribution in [1.82, 2.24) is 19.4 Å². The SMILES string of the molecule is O=c1[nH]c2ccccc2n1C1CCN(Cc2cccc3cccnc23)CC1. The van der Waals surface area contributed by atoms with E-state index in [1.54, 1.807) is 0 Å². The average molecular weight is 358 g/mol. The second-order valence-corrected chi connectivity index (χ2v) is 7.32. The molecule has 5 rings (SSSR count). The maximum absolute atomic E-state index is 12.4. The van der Waals surface area contributed by atoms with Crippen molar-refractivity contribution >= 4 is 21.9 Å². The monoisotopic (exact) mass is 358 g/mol. The number of H-pyrrole nitrogens is 1. The number of pyridine rings is 1. The van der Waals surface area contributed by atoms with Gasteiger partial charge in [0.15, 0.2) is 0 Å². The molecule has 1 aliphatic rings. The van der Waals surface area contributed by atoms with Gasteiger partial charge in [0, 0.05) is 37.3 Å². The van der Waals surface area contributed by atoms with E-state index < -0.39 is 0 Å². The Kier molecular flexibility index (Phi) is 4.02. The summed E-state index contributed by atoms with van der Waals surface area (Å²) >= 11 is 0. The number of imidazole rings is 1. The third-order valence-corrected chi connectivity index (χ3v) is 5.66. The van der Waals surface area contributed by atoms with Crippen LogP contribution in [0.2, 0.25) is 0 Å². The third-order valence-electron chi connectivity index (χ3n) is 5.66. The lowest BCUT2D eigenvalue weighted by Gasteiger charge is -2.32. The van der Waals surface area contributed by atoms with Crippen LogP contribution in [0, 0.1) is 0 Å². The van der Waals surface area contributed by atoms with E-state index in [9.17, 15) is 4.79 Å². The molecule has 2 aromatic heterocycles. The van der Waals surface area contributed by atoms with Crippen molar-refractivity contribution in [1.29, 1.82) is 0 Å². The lowest BCUT2D eigenvalue weighted by molar-refractivity contribution is 0.180. The molecule has 4 aromatic rings. The number of hydrogen-bond acceptors (Lipinski definition) is 3. The second-order valence-electron chi connectivity index (χ2n) is 7.32. The molecule has 2 aromatic carbocycles. The van der Waals surface area contributed by atoms with E-state index >= 15 is 0 Å². The number of nitrogens with zero attached hydrogens (tertiary/aromatic N) is 3. The van der Waals surface area contributed by atoms with Crippen LogP contribution in [0.25, 0.3) is 21.9 Å². The number of aromatic nitrogens is 3. The lowest BCUT2D eigenvalue weighted by atomic mass is 10.0. The smallest absolute Gasteiger partial charge is 0.306 e. The molecule has 27 heavy (non-hydrogen) atoms. The first kappa shape index (κ1) is 16.3. The van der Waals surface area contributed by atoms with Crippen LogP contribution in [0.4, 0.5) is 0 Å². The largest absolute Gasteiger partial charge is 0.326 e. The molecule has 0 unspecified atom stereocenters. The lowest BCUT2D eigenvalue weighted by Crippen LogP contribution is -2.36. The number of para-hydroxylation sites is 3. The Hall–Kier alpha value is -2.92. The van der Waals surface area contributed by atoms with Crippen LogP contribution in [-0.2, 0) is 6.54 Å². The van der Waals surface area contributed by atoms with Crippen LogP contribution in [0.3, 0.4) is 0 Å². The van der Waals surface area contributed by atoms with E-state index in [1.165, 1.54) is 10.9 Å². The summed E-state index contributed by atoms with van der Waals surface area (Å²) in [6.07, 6.45) is 3.83. The summed E-state index contributed by atoms with van der Waals surface area (Å²) in [5, 5.41) is 1.19. The Labute approximate surface area is 157 Å². The van der Waals surface area contributed by atoms with Crippen LogP contribution >= 0.6 is 0 Å². The van der Waals surface area contributed by atoms with Gasteiger partial charge < -0.3 is 4.98 Å². The van der Waals surface area contributed by atoms with Gasteiger partial charge in [0.25, 0.3) is 0 Å². The molecule has 1 saturated heterocycles. The van der Waals surface area contributed by atoms with Crippen molar-refractivity contribution in [2.75, 3.05) is 13.1 Å². The van der Waals surface area contributed by atoms with E-state index in [1.807, 2.05) is 41.1 Å². The highest BCUT2D eigenvalue weighted by Crippen LogP contribution is 2.26. The molecule has 5 nitrogen and oxygen atoms in total. The highest BCUT2D eigenvalue weighted by molar-refractivity contribution is 5.81. The van der Waals surface area contributed by atoms with Gasteiger partial charge in [0.1, 0.15) is 0 Å². The molecular weight excluding hydrogens is 336 g/mol. The van der Waals surface area contributed by atoms with E-state index in [2.05, 4.69) is 39.1 Å². The minimum atomic E-state index is 0.00732. The topological polar surface area (TPSA) is 53.9 Å². The Balaban J connectivity index is 1.34. The molecule has 0 aliphatic carbocycles. The normalized spacial score (nSPS) is 16.3. The van der Waals surface area contributed by atoms with Gasteiger partial charge in [-0.15, -0.1) is 0 Å². The van der Waals surface area contributed by atoms with Gasteiger partial charge in [-0.3, -0.25) is 14.5 Å². The number of piperidine rings is 1. The van der Waals surface area contributed by atoms with Gasteiger partial charge in [-0.25, -0.2) is 4.79 Å². The van der Waals surface area contributed by atoms with E-state index in [4.69, 9.17) is 0 Å². The van der Waals surface area contributed by atoms with Gasteiger partial charge >= 0.3 is 5.69 Å². The molecular formula is C22H22N4O. The van der Waals surface area contributed by atoms with Crippen molar-refractivity contribution in [2.45, 2.75) is 25.4 Å². The Morgan fingerprint density at radius 3 is 2.70 bits per heavy atom. The van der Waals surface area contributed by atoms with Gasteiger partial charge in [0.05, 0.1) is 16.6 Å². The van der Waals surface area contributed by atoms with Crippen molar-refractivity contribution < 1.29 is 0 Å². The Bertz CT molecular complexity index is 1150. The zero-order valence-electron chi connectivity index (χ0n) is 15.1. The molecule has 1 N–H and O–H groups in total. The maximum Gasteiger partial charge on any atom is 0.326 e. The number of likely N-dealkylation sites (tertiary alicyclic amines) is 1. The molecule has 0 amide bonds. The summed E-state index contributed by atoms with van der Waals surface area (Å²) < 4.78 is 1.95. The number of aromatic amines is 1. The fourth-order valence-electron chi connectivity index (χ4n) is 4.31. The zero-order chi connectivity index (χ0) is 18.2. The van der Waals surface area contributed by atoms with Crippen LogP contribution < -0.4 is 5.69 Å². The van der Waals surface area contributed by atoms with Crippen molar-refractivity contribution in [2.24, 2.45) is 0 Å². The van der Waals surface area contributed by atoms with Crippen LogP contribution in [0.5, 0.6) is 0 Å². The molecule has 136 valence electrons. The summed E-state index contributed by atoms with van der Waals surface area (Å²) in [4.78, 5) is 22.5. The van der Waals surface area contributed by atoms with Gasteiger partial charge in [-0.2, -0.15) is 0 Å². The molecule has 0 atom stereocenters. The van der Waals surface area contributed by atoms with E-state index in [0.717, 1.165) is 49.0 Å². The van der Waals surface area contributed by atoms with Crippen LogP contribution in [-0.4, -0.2) is 32.5 Å². The molecule has 1 aliphatic heterocycles. The Morgan fingerprint density at radius 1 is 1.00 bits per heavy atom. The minimum absolute atomic E-state index is 0.00732. The zero-order valence-corrected chi connectivity index (χ0v) is 15.1. The highest BCUT2D eigenvalue weighted by atomic mass is 16.1. The minimum Gasteiger partial charge on any atom is -0.306 e. The number of rotatable bonds is 3. The molecule has 0 spiro atoms. The molecule has 5 heteroatoms. The van der Waals surface area contributed by atoms with E-state index in [0.29, 0.717) is 0 Å². The van der Waals surface area contributed by atoms with Gasteiger partial charge in [-0.05, 0) is 36.6 Å². The molecule has 3 heterocycles. The predicted octanol–water partition coefficient (Wildman–Crippen LogP) is 3.71. The van der Waals surface area contributed by atoms with E-state index in [-0.39, 0.29) is 11.7 Å². The quantitative estimate of drug-likeness (QED) is 0.607. The fraction of sp³-hybridized carbons (Fsp3) is 0.273. The van der Waals surface area contributed by atoms with Crippen molar-refractivity contribution in [3.63, 3.8) is 0 Å². The van der Waals surface area contributed by atoms with Crippen molar-refractivity contribution in [3.05, 3.63) is 76.8 Å². The molecule has 1 fully saturated rings. The van der Waals surface area contributed by atoms with Gasteiger partial charge in [0.2, 0.25) is 0 Å². The fourth-order valence-corrected chi connectivity index (χ4v) is 4.31. The summed E-state index contributed by atoms with van der Waals surface area (Å²) in [5.41, 5.74) is 4.31. The molecule has 0 bridgehead atoms. The predicted molar refractivity (Wildman–Crippen MR) is 108 cm³/mol. The molecule has 0 saturated carbocycles. The summed E-state index contributed by atoms with van der Waals surface area (Å²) in [7, 11) is 0. The first-order valence-electron chi connectivity index (χ1n) is 9.54. The van der Waals surface area contributed by atoms with Crippen molar-refractivity contribution in [3.8, 4) is 0 Å². The first-order valence-corrected chi connectivity index (χ1v) is 9.54. The Morgan fingerprint density at radius 2 is 1.81 bits per heavy atom. The molecule has 0 radical (unpaired) electrons. The number of fused-ring (bicyclic) bond motifs is 2. The third kappa shape index (κ3) is 2.94.